The fourth-order valence-corrected chi connectivity index (χ4v) is 8.46. The van der Waals surface area contributed by atoms with Crippen molar-refractivity contribution in [3.05, 3.63) is 249 Å². The molecule has 0 atom stereocenters. The highest BCUT2D eigenvalue weighted by atomic mass is 15.1. The van der Waals surface area contributed by atoms with Crippen LogP contribution in [-0.2, 0) is 0 Å². The van der Waals surface area contributed by atoms with Gasteiger partial charge in [0, 0.05) is 16.9 Å². The molecule has 0 saturated heterocycles. The highest BCUT2D eigenvalue weighted by molar-refractivity contribution is 6.06. The lowest BCUT2D eigenvalue weighted by molar-refractivity contribution is 1.28. The summed E-state index contributed by atoms with van der Waals surface area (Å²) in [6.07, 6.45) is 0. The molecule has 0 aliphatic heterocycles. The van der Waals surface area contributed by atoms with Gasteiger partial charge in [-0.2, -0.15) is 0 Å². The molecule has 0 aliphatic carbocycles. The number of anilines is 3. The first kappa shape index (κ1) is 35.7. The predicted octanol–water partition coefficient (Wildman–Crippen LogP) is 16.3. The molecule has 10 rings (SSSR count). The lowest BCUT2D eigenvalue weighted by Gasteiger charge is -2.28. The molecule has 59 heavy (non-hydrogen) atoms. The molecule has 0 heterocycles. The Hall–Kier alpha value is -7.74. The van der Waals surface area contributed by atoms with E-state index in [1.54, 1.807) is 0 Å². The Balaban J connectivity index is 1.04. The molecule has 0 N–H and O–H groups in total. The van der Waals surface area contributed by atoms with Crippen LogP contribution in [0.2, 0.25) is 0 Å². The molecule has 0 fully saturated rings. The summed E-state index contributed by atoms with van der Waals surface area (Å²) < 4.78 is 0. The molecule has 0 aromatic heterocycles. The van der Waals surface area contributed by atoms with Crippen LogP contribution >= 0.6 is 0 Å². The van der Waals surface area contributed by atoms with E-state index in [0.717, 1.165) is 17.1 Å². The van der Waals surface area contributed by atoms with E-state index in [2.05, 4.69) is 254 Å². The van der Waals surface area contributed by atoms with E-state index in [4.69, 9.17) is 0 Å². The van der Waals surface area contributed by atoms with Gasteiger partial charge >= 0.3 is 0 Å². The largest absolute Gasteiger partial charge is 0.310 e. The number of benzene rings is 10. The van der Waals surface area contributed by atoms with Crippen molar-refractivity contribution in [2.75, 3.05) is 4.90 Å². The molecular formula is C58H41N. The third kappa shape index (κ3) is 7.12. The zero-order chi connectivity index (χ0) is 39.4. The smallest absolute Gasteiger partial charge is 0.0540 e. The molecule has 1 nitrogen and oxygen atoms in total. The molecule has 0 aliphatic rings. The molecule has 1 heteroatoms. The van der Waals surface area contributed by atoms with Crippen LogP contribution < -0.4 is 4.90 Å². The second-order valence-corrected chi connectivity index (χ2v) is 14.9. The molecule has 10 aromatic carbocycles. The van der Waals surface area contributed by atoms with Gasteiger partial charge in [-0.05, 0) is 108 Å². The van der Waals surface area contributed by atoms with Crippen LogP contribution in [0.25, 0.3) is 77.5 Å². The van der Waals surface area contributed by atoms with Gasteiger partial charge in [0.15, 0.2) is 0 Å². The van der Waals surface area contributed by atoms with E-state index in [1.807, 2.05) is 0 Å². The van der Waals surface area contributed by atoms with Crippen LogP contribution in [0.15, 0.2) is 249 Å². The van der Waals surface area contributed by atoms with E-state index in [0.29, 0.717) is 0 Å². The summed E-state index contributed by atoms with van der Waals surface area (Å²) in [5.41, 5.74) is 17.8. The average molecular weight is 752 g/mol. The fraction of sp³-hybridized carbons (Fsp3) is 0. The van der Waals surface area contributed by atoms with E-state index >= 15 is 0 Å². The molecule has 0 amide bonds. The van der Waals surface area contributed by atoms with Crippen molar-refractivity contribution in [1.29, 1.82) is 0 Å². The van der Waals surface area contributed by atoms with Gasteiger partial charge in [-0.15, -0.1) is 0 Å². The van der Waals surface area contributed by atoms with Crippen LogP contribution in [-0.4, -0.2) is 0 Å². The third-order valence-electron chi connectivity index (χ3n) is 11.3. The average Bonchev–Trinajstić information content (AvgIpc) is 3.33. The Morgan fingerprint density at radius 2 is 0.593 bits per heavy atom. The molecule has 10 aromatic rings. The Morgan fingerprint density at radius 3 is 1.17 bits per heavy atom. The number of nitrogens with zero attached hydrogens (tertiary/aromatic N) is 1. The molecule has 0 unspecified atom stereocenters. The van der Waals surface area contributed by atoms with Gasteiger partial charge in [-0.3, -0.25) is 0 Å². The third-order valence-corrected chi connectivity index (χ3v) is 11.3. The van der Waals surface area contributed by atoms with E-state index < -0.39 is 0 Å². The summed E-state index contributed by atoms with van der Waals surface area (Å²) in [6.45, 7) is 0. The van der Waals surface area contributed by atoms with Crippen molar-refractivity contribution in [2.45, 2.75) is 0 Å². The number of fused-ring (bicyclic) bond motifs is 1. The maximum Gasteiger partial charge on any atom is 0.0540 e. The van der Waals surface area contributed by atoms with Crippen molar-refractivity contribution in [1.82, 2.24) is 0 Å². The zero-order valence-corrected chi connectivity index (χ0v) is 32.6. The summed E-state index contributed by atoms with van der Waals surface area (Å²) in [5.74, 6) is 0. The van der Waals surface area contributed by atoms with Gasteiger partial charge in [-0.25, -0.2) is 0 Å². The van der Waals surface area contributed by atoms with Crippen molar-refractivity contribution < 1.29 is 0 Å². The van der Waals surface area contributed by atoms with Crippen molar-refractivity contribution in [2.24, 2.45) is 0 Å². The highest BCUT2D eigenvalue weighted by Gasteiger charge is 2.18. The summed E-state index contributed by atoms with van der Waals surface area (Å²) in [4.78, 5) is 2.39. The number of hydrogen-bond acceptors (Lipinski definition) is 1. The fourth-order valence-electron chi connectivity index (χ4n) is 8.46. The Labute approximate surface area is 346 Å². The van der Waals surface area contributed by atoms with Gasteiger partial charge in [0.25, 0.3) is 0 Å². The van der Waals surface area contributed by atoms with Crippen molar-refractivity contribution in [3.8, 4) is 66.8 Å². The normalized spacial score (nSPS) is 11.1. The molecular weight excluding hydrogens is 711 g/mol. The van der Waals surface area contributed by atoms with Crippen LogP contribution in [0, 0.1) is 0 Å². The molecule has 0 bridgehead atoms. The lowest BCUT2D eigenvalue weighted by atomic mass is 9.90. The Morgan fingerprint density at radius 1 is 0.220 bits per heavy atom. The first-order chi connectivity index (χ1) is 29.3. The Kier molecular flexibility index (Phi) is 9.68. The molecule has 0 spiro atoms. The quantitative estimate of drug-likeness (QED) is 0.142. The monoisotopic (exact) mass is 751 g/mol. The van der Waals surface area contributed by atoms with Gasteiger partial charge in [-0.1, -0.05) is 212 Å². The summed E-state index contributed by atoms with van der Waals surface area (Å²) >= 11 is 0. The van der Waals surface area contributed by atoms with E-state index in [-0.39, 0.29) is 0 Å². The molecule has 0 radical (unpaired) electrons. The Bertz CT molecular complexity index is 3000. The summed E-state index contributed by atoms with van der Waals surface area (Å²) in [6, 6.07) is 89.7. The topological polar surface area (TPSA) is 3.24 Å². The zero-order valence-electron chi connectivity index (χ0n) is 32.6. The van der Waals surface area contributed by atoms with Gasteiger partial charge in [0.05, 0.1) is 5.69 Å². The second kappa shape index (κ2) is 16.0. The maximum atomic E-state index is 2.39. The van der Waals surface area contributed by atoms with Crippen molar-refractivity contribution in [3.63, 3.8) is 0 Å². The minimum Gasteiger partial charge on any atom is -0.310 e. The first-order valence-corrected chi connectivity index (χ1v) is 20.3. The van der Waals surface area contributed by atoms with Crippen molar-refractivity contribution >= 4 is 27.8 Å². The van der Waals surface area contributed by atoms with Crippen LogP contribution in [0.3, 0.4) is 0 Å². The van der Waals surface area contributed by atoms with E-state index in [9.17, 15) is 0 Å². The second-order valence-electron chi connectivity index (χ2n) is 14.9. The number of para-hydroxylation sites is 1. The number of rotatable bonds is 9. The minimum absolute atomic E-state index is 1.09. The molecule has 0 saturated carbocycles. The lowest BCUT2D eigenvalue weighted by Crippen LogP contribution is -2.11. The minimum atomic E-state index is 1.09. The van der Waals surface area contributed by atoms with Gasteiger partial charge in [0.2, 0.25) is 0 Å². The van der Waals surface area contributed by atoms with Crippen LogP contribution in [0.5, 0.6) is 0 Å². The van der Waals surface area contributed by atoms with Gasteiger partial charge < -0.3 is 4.90 Å². The highest BCUT2D eigenvalue weighted by Crippen LogP contribution is 2.43. The molecule has 278 valence electrons. The number of hydrogen-bond donors (Lipinski definition) is 0. The van der Waals surface area contributed by atoms with Gasteiger partial charge in [0.1, 0.15) is 0 Å². The summed E-state index contributed by atoms with van der Waals surface area (Å²) in [7, 11) is 0. The maximum absolute atomic E-state index is 2.39. The van der Waals surface area contributed by atoms with Crippen LogP contribution in [0.4, 0.5) is 17.1 Å². The standard InChI is InChI=1S/C58H41N/c1-4-17-43(18-5-1)52-27-10-11-28-53(52)46-35-39-51(40-36-46)59(57-32-13-12-29-54(57)44-19-6-2-7-20-44)50-37-33-42(34-38-50)48-25-14-26-49(41-48)56-31-16-24-47-23-15-30-55(58(47)56)45-21-8-3-9-22-45/h1-41H. The van der Waals surface area contributed by atoms with E-state index in [1.165, 1.54) is 77.5 Å². The first-order valence-electron chi connectivity index (χ1n) is 20.3. The van der Waals surface area contributed by atoms with Crippen LogP contribution in [0.1, 0.15) is 0 Å². The SMILES string of the molecule is c1ccc(-c2ccccc2-c2ccc(N(c3ccc(-c4cccc(-c5cccc6cccc(-c7ccccc7)c56)c4)cc3)c3ccccc3-c3ccccc3)cc2)cc1. The summed E-state index contributed by atoms with van der Waals surface area (Å²) in [5, 5.41) is 2.51. The predicted molar refractivity (Wildman–Crippen MR) is 251 cm³/mol.